The van der Waals surface area contributed by atoms with Crippen molar-refractivity contribution >= 4 is 17.3 Å². The molecule has 0 spiro atoms. The standard InChI is InChI=1S/C37H39N5O/c1-21-13-26(17-40-34(21)37(39)18-36(2,19-37)20-38)23-11-12-30-25(14-23)10-9-24-15-31(41-30)32-16-29(24)33-27(22-7-8-22)5-4-6-28(33)35(43)42(32)3/h4-6,11-14,17,22,24,29,32H,7-10,15-16,18-19,39H2,1-3H3/t24?,29-,32+,36?,37?/m0/s1. The zero-order chi connectivity index (χ0) is 29.7. The molecule has 3 atom stereocenters. The Bertz CT molecular complexity index is 1750. The number of aryl methyl sites for hydroxylation is 2. The van der Waals surface area contributed by atoms with Gasteiger partial charge in [0.25, 0.3) is 5.91 Å². The summed E-state index contributed by atoms with van der Waals surface area (Å²) in [6.45, 7) is 4.06. The molecular weight excluding hydrogens is 530 g/mol. The maximum absolute atomic E-state index is 13.8. The number of amides is 1. The number of fused-ring (bicyclic) bond motifs is 9. The zero-order valence-corrected chi connectivity index (χ0v) is 25.4. The third kappa shape index (κ3) is 4.19. The van der Waals surface area contributed by atoms with Gasteiger partial charge in [-0.1, -0.05) is 18.2 Å². The Morgan fingerprint density at radius 2 is 1.91 bits per heavy atom. The van der Waals surface area contributed by atoms with E-state index < -0.39 is 5.54 Å². The van der Waals surface area contributed by atoms with Crippen molar-refractivity contribution in [2.24, 2.45) is 22.1 Å². The van der Waals surface area contributed by atoms with E-state index in [1.54, 1.807) is 0 Å². The molecular formula is C37H39N5O. The van der Waals surface area contributed by atoms with Crippen molar-refractivity contribution < 1.29 is 4.79 Å². The molecule has 6 nitrogen and oxygen atoms in total. The molecule has 3 aliphatic carbocycles. The Balaban J connectivity index is 1.14. The molecule has 0 radical (unpaired) electrons. The van der Waals surface area contributed by atoms with Crippen LogP contribution in [0.5, 0.6) is 0 Å². The minimum Gasteiger partial charge on any atom is -0.333 e. The van der Waals surface area contributed by atoms with Gasteiger partial charge in [0.2, 0.25) is 0 Å². The molecule has 43 heavy (non-hydrogen) atoms. The number of pyridine rings is 1. The Labute approximate surface area is 254 Å². The highest BCUT2D eigenvalue weighted by Crippen LogP contribution is 2.53. The Morgan fingerprint density at radius 1 is 1.09 bits per heavy atom. The number of hydrogen-bond acceptors (Lipinski definition) is 5. The van der Waals surface area contributed by atoms with Crippen LogP contribution in [0.3, 0.4) is 0 Å². The van der Waals surface area contributed by atoms with E-state index in [4.69, 9.17) is 15.7 Å². The molecule has 3 aromatic rings. The van der Waals surface area contributed by atoms with Crippen LogP contribution in [0, 0.1) is 29.6 Å². The highest BCUT2D eigenvalue weighted by atomic mass is 16.2. The van der Waals surface area contributed by atoms with Crippen LogP contribution in [-0.2, 0) is 12.0 Å². The monoisotopic (exact) mass is 569 g/mol. The molecule has 2 aromatic carbocycles. The van der Waals surface area contributed by atoms with Crippen LogP contribution in [0.1, 0.15) is 102 Å². The van der Waals surface area contributed by atoms with Crippen molar-refractivity contribution in [3.63, 3.8) is 0 Å². The summed E-state index contributed by atoms with van der Waals surface area (Å²) >= 11 is 0. The number of carbonyl (C=O) groups is 1. The maximum Gasteiger partial charge on any atom is 0.254 e. The fraction of sp³-hybridized carbons (Fsp3) is 0.459. The lowest BCUT2D eigenvalue weighted by atomic mass is 9.57. The molecule has 5 aliphatic rings. The molecule has 6 heteroatoms. The molecule has 3 saturated carbocycles. The molecule has 0 saturated heterocycles. The average molecular weight is 570 g/mol. The Kier molecular flexibility index (Phi) is 5.82. The van der Waals surface area contributed by atoms with Gasteiger partial charge >= 0.3 is 0 Å². The van der Waals surface area contributed by atoms with Crippen LogP contribution in [0.15, 0.2) is 53.7 Å². The van der Waals surface area contributed by atoms with Gasteiger partial charge in [-0.15, -0.1) is 0 Å². The first kappa shape index (κ1) is 26.8. The smallest absolute Gasteiger partial charge is 0.254 e. The predicted octanol–water partition coefficient (Wildman–Crippen LogP) is 7.08. The van der Waals surface area contributed by atoms with Crippen LogP contribution in [-0.4, -0.2) is 34.6 Å². The number of rotatable bonds is 3. The second-order valence-electron chi connectivity index (χ2n) is 14.4. The van der Waals surface area contributed by atoms with Gasteiger partial charge in [0.05, 0.1) is 34.4 Å². The number of nitrogens with two attached hydrogens (primary N) is 1. The van der Waals surface area contributed by atoms with E-state index in [0.29, 0.717) is 30.6 Å². The SMILES string of the molecule is Cc1cc(-c2ccc3c(c2)CCC2CC(=N3)[C@H]3C[C@@H]2c2c(cccc2C2CC2)C(=O)N3C)cnc1C1(N)CC(C)(C#N)C1. The van der Waals surface area contributed by atoms with E-state index in [1.165, 1.54) is 29.5 Å². The molecule has 2 N–H and O–H groups in total. The third-order valence-corrected chi connectivity index (χ3v) is 11.1. The summed E-state index contributed by atoms with van der Waals surface area (Å²) in [4.78, 5) is 25.9. The second-order valence-corrected chi connectivity index (χ2v) is 14.4. The van der Waals surface area contributed by atoms with Gasteiger partial charge in [-0.25, -0.2) is 0 Å². The van der Waals surface area contributed by atoms with Crippen molar-refractivity contribution in [3.8, 4) is 17.2 Å². The summed E-state index contributed by atoms with van der Waals surface area (Å²) in [5.41, 5.74) is 17.2. The molecule has 1 amide bonds. The number of hydrogen-bond donors (Lipinski definition) is 1. The highest BCUT2D eigenvalue weighted by Gasteiger charge is 2.52. The molecule has 218 valence electrons. The summed E-state index contributed by atoms with van der Waals surface area (Å²) in [5, 5.41) is 9.49. The van der Waals surface area contributed by atoms with Gasteiger partial charge in [0.1, 0.15) is 0 Å². The first-order valence-electron chi connectivity index (χ1n) is 15.9. The lowest BCUT2D eigenvalue weighted by Gasteiger charge is -2.48. The fourth-order valence-corrected chi connectivity index (χ4v) is 8.95. The molecule has 3 fully saturated rings. The van der Waals surface area contributed by atoms with Crippen LogP contribution in [0.4, 0.5) is 5.69 Å². The molecule has 1 aromatic heterocycles. The van der Waals surface area contributed by atoms with E-state index in [-0.39, 0.29) is 17.4 Å². The summed E-state index contributed by atoms with van der Waals surface area (Å²) in [7, 11) is 1.98. The van der Waals surface area contributed by atoms with Gasteiger partial charge in [0, 0.05) is 30.1 Å². The van der Waals surface area contributed by atoms with Crippen molar-refractivity contribution in [1.82, 2.24) is 9.88 Å². The molecule has 8 rings (SSSR count). The second kappa shape index (κ2) is 9.34. The number of aliphatic imine (C=N–C) groups is 1. The number of nitriles is 1. The van der Waals surface area contributed by atoms with Crippen LogP contribution >= 0.6 is 0 Å². The Morgan fingerprint density at radius 3 is 2.65 bits per heavy atom. The van der Waals surface area contributed by atoms with E-state index in [1.807, 2.05) is 25.1 Å². The fourth-order valence-electron chi connectivity index (χ4n) is 8.95. The summed E-state index contributed by atoms with van der Waals surface area (Å²) in [6.07, 6.45) is 9.70. The molecule has 3 heterocycles. The lowest BCUT2D eigenvalue weighted by molar-refractivity contribution is 0.0763. The zero-order valence-electron chi connectivity index (χ0n) is 25.4. The first-order valence-corrected chi connectivity index (χ1v) is 15.9. The van der Waals surface area contributed by atoms with E-state index in [2.05, 4.69) is 55.5 Å². The van der Waals surface area contributed by atoms with Crippen molar-refractivity contribution in [2.75, 3.05) is 7.05 Å². The van der Waals surface area contributed by atoms with E-state index in [0.717, 1.165) is 65.0 Å². The highest BCUT2D eigenvalue weighted by molar-refractivity contribution is 6.03. The van der Waals surface area contributed by atoms with E-state index in [9.17, 15) is 10.1 Å². The van der Waals surface area contributed by atoms with Crippen LogP contribution < -0.4 is 5.73 Å². The van der Waals surface area contributed by atoms with Gasteiger partial charge in [-0.05, 0) is 135 Å². The van der Waals surface area contributed by atoms with Crippen molar-refractivity contribution in [1.29, 1.82) is 5.26 Å². The topological polar surface area (TPSA) is 95.4 Å². The maximum atomic E-state index is 13.8. The van der Waals surface area contributed by atoms with Crippen molar-refractivity contribution in [3.05, 3.63) is 82.2 Å². The third-order valence-electron chi connectivity index (χ3n) is 11.1. The number of benzene rings is 2. The van der Waals surface area contributed by atoms with Gasteiger partial charge in [-0.2, -0.15) is 5.26 Å². The van der Waals surface area contributed by atoms with Gasteiger partial charge < -0.3 is 10.6 Å². The average Bonchev–Trinajstić information content (AvgIpc) is 3.83. The molecule has 4 bridgehead atoms. The van der Waals surface area contributed by atoms with Crippen molar-refractivity contribution in [2.45, 2.75) is 88.6 Å². The summed E-state index contributed by atoms with van der Waals surface area (Å²) in [6, 6.07) is 17.7. The van der Waals surface area contributed by atoms with Gasteiger partial charge in [0.15, 0.2) is 0 Å². The quantitative estimate of drug-likeness (QED) is 0.365. The molecule has 1 unspecified atom stereocenters. The minimum absolute atomic E-state index is 0.0382. The number of carbonyl (C=O) groups excluding carboxylic acids is 1. The van der Waals surface area contributed by atoms with Crippen LogP contribution in [0.2, 0.25) is 0 Å². The number of nitrogens with zero attached hydrogens (tertiary/aromatic N) is 4. The largest absolute Gasteiger partial charge is 0.333 e. The van der Waals surface area contributed by atoms with Crippen LogP contribution in [0.25, 0.3) is 11.1 Å². The molecule has 2 aliphatic heterocycles. The summed E-state index contributed by atoms with van der Waals surface area (Å²) in [5.74, 6) is 1.65. The lowest BCUT2D eigenvalue weighted by Crippen LogP contribution is -2.54. The summed E-state index contributed by atoms with van der Waals surface area (Å²) < 4.78 is 0. The first-order chi connectivity index (χ1) is 20.7. The Hall–Kier alpha value is -3.82. The minimum atomic E-state index is -0.531. The normalized spacial score (nSPS) is 31.0. The van der Waals surface area contributed by atoms with Gasteiger partial charge in [-0.3, -0.25) is 14.8 Å². The van der Waals surface area contributed by atoms with E-state index >= 15 is 0 Å². The number of aromatic nitrogens is 1. The predicted molar refractivity (Wildman–Crippen MR) is 168 cm³/mol.